The number of hydrogen-bond acceptors (Lipinski definition) is 2. The fraction of sp³-hybridized carbons (Fsp3) is 1.00. The number of hydrogen-bond donors (Lipinski definition) is 0. The Kier molecular flexibility index (Phi) is 5.26. The summed E-state index contributed by atoms with van der Waals surface area (Å²) in [5.74, 6) is 0. The Balaban J connectivity index is 2.31. The highest BCUT2D eigenvalue weighted by Gasteiger charge is 2.40. The summed E-state index contributed by atoms with van der Waals surface area (Å²) >= 11 is 0. The lowest BCUT2D eigenvalue weighted by Gasteiger charge is -2.45. The summed E-state index contributed by atoms with van der Waals surface area (Å²) in [5, 5.41) is 0. The molecule has 0 bridgehead atoms. The van der Waals surface area contributed by atoms with Gasteiger partial charge in [0.05, 0.1) is 12.2 Å². The van der Waals surface area contributed by atoms with Crippen LogP contribution in [0.1, 0.15) is 66.7 Å². The maximum absolute atomic E-state index is 5.93. The van der Waals surface area contributed by atoms with Crippen LogP contribution in [0.3, 0.4) is 0 Å². The van der Waals surface area contributed by atoms with Gasteiger partial charge in [0.2, 0.25) is 0 Å². The van der Waals surface area contributed by atoms with Crippen LogP contribution in [0.2, 0.25) is 0 Å². The molecular formula is C14H28O2. The molecule has 3 atom stereocenters. The zero-order valence-corrected chi connectivity index (χ0v) is 11.6. The van der Waals surface area contributed by atoms with E-state index in [1.54, 1.807) is 0 Å². The summed E-state index contributed by atoms with van der Waals surface area (Å²) in [6.07, 6.45) is 6.76. The summed E-state index contributed by atoms with van der Waals surface area (Å²) in [4.78, 5) is 0. The smallest absolute Gasteiger partial charge is 0.158 e. The molecule has 1 aliphatic rings. The van der Waals surface area contributed by atoms with E-state index in [2.05, 4.69) is 34.6 Å². The van der Waals surface area contributed by atoms with Gasteiger partial charge in [0.15, 0.2) is 6.29 Å². The largest absolute Gasteiger partial charge is 0.349 e. The van der Waals surface area contributed by atoms with Gasteiger partial charge in [-0.25, -0.2) is 0 Å². The fourth-order valence-electron chi connectivity index (χ4n) is 2.04. The summed E-state index contributed by atoms with van der Waals surface area (Å²) in [6, 6.07) is 0. The van der Waals surface area contributed by atoms with E-state index in [0.29, 0.717) is 0 Å². The maximum Gasteiger partial charge on any atom is 0.158 e. The van der Waals surface area contributed by atoms with Crippen molar-refractivity contribution < 1.29 is 9.47 Å². The Morgan fingerprint density at radius 3 is 2.00 bits per heavy atom. The third-order valence-corrected chi connectivity index (χ3v) is 4.10. The predicted molar refractivity (Wildman–Crippen MR) is 67.4 cm³/mol. The minimum Gasteiger partial charge on any atom is -0.349 e. The molecule has 0 amide bonds. The van der Waals surface area contributed by atoms with Crippen LogP contribution >= 0.6 is 0 Å². The molecule has 0 aromatic heterocycles. The van der Waals surface area contributed by atoms with Gasteiger partial charge in [-0.2, -0.15) is 0 Å². The molecular weight excluding hydrogens is 200 g/mol. The van der Waals surface area contributed by atoms with E-state index in [1.165, 1.54) is 25.7 Å². The van der Waals surface area contributed by atoms with Gasteiger partial charge in [-0.05, 0) is 26.7 Å². The zero-order valence-electron chi connectivity index (χ0n) is 11.6. The summed E-state index contributed by atoms with van der Waals surface area (Å²) in [5.41, 5.74) is 0.125. The fourth-order valence-corrected chi connectivity index (χ4v) is 2.04. The molecule has 1 fully saturated rings. The van der Waals surface area contributed by atoms with Crippen LogP contribution in [0.4, 0.5) is 0 Å². The first-order valence-corrected chi connectivity index (χ1v) is 6.79. The predicted octanol–water partition coefficient (Wildman–Crippen LogP) is 4.13. The van der Waals surface area contributed by atoms with Crippen LogP contribution in [0.15, 0.2) is 0 Å². The van der Waals surface area contributed by atoms with Gasteiger partial charge in [-0.15, -0.1) is 0 Å². The average molecular weight is 228 g/mol. The van der Waals surface area contributed by atoms with E-state index in [1.807, 2.05) is 0 Å². The van der Waals surface area contributed by atoms with Gasteiger partial charge in [-0.1, -0.05) is 40.0 Å². The van der Waals surface area contributed by atoms with Crippen molar-refractivity contribution in [2.24, 2.45) is 5.41 Å². The molecule has 0 spiro atoms. The molecule has 0 aliphatic carbocycles. The standard InChI is InChI=1S/C14H28O2/c1-6-7-8-9-10-13-15-11(2)14(4,5)12(3)16-13/h11-13H,6-10H2,1-5H3/t11-,12+,13?. The molecule has 2 heteroatoms. The van der Waals surface area contributed by atoms with E-state index >= 15 is 0 Å². The third-order valence-electron chi connectivity index (χ3n) is 4.10. The van der Waals surface area contributed by atoms with Gasteiger partial charge in [-0.3, -0.25) is 0 Å². The first kappa shape index (κ1) is 14.0. The lowest BCUT2D eigenvalue weighted by atomic mass is 9.81. The maximum atomic E-state index is 5.93. The lowest BCUT2D eigenvalue weighted by molar-refractivity contribution is -0.286. The van der Waals surface area contributed by atoms with Crippen LogP contribution in [0, 0.1) is 5.41 Å². The Morgan fingerprint density at radius 1 is 0.938 bits per heavy atom. The molecule has 0 aromatic carbocycles. The van der Waals surface area contributed by atoms with Crippen molar-refractivity contribution >= 4 is 0 Å². The van der Waals surface area contributed by atoms with Gasteiger partial charge >= 0.3 is 0 Å². The summed E-state index contributed by atoms with van der Waals surface area (Å²) in [7, 11) is 0. The molecule has 0 N–H and O–H groups in total. The van der Waals surface area contributed by atoms with Crippen LogP contribution < -0.4 is 0 Å². The molecule has 1 aliphatic heterocycles. The van der Waals surface area contributed by atoms with Crippen molar-refractivity contribution in [3.05, 3.63) is 0 Å². The van der Waals surface area contributed by atoms with Gasteiger partial charge in [0, 0.05) is 5.41 Å². The van der Waals surface area contributed by atoms with Gasteiger partial charge in [0.25, 0.3) is 0 Å². The van der Waals surface area contributed by atoms with Gasteiger partial charge in [0.1, 0.15) is 0 Å². The third kappa shape index (κ3) is 3.46. The van der Waals surface area contributed by atoms with E-state index in [9.17, 15) is 0 Å². The second-order valence-electron chi connectivity index (χ2n) is 5.66. The molecule has 96 valence electrons. The van der Waals surface area contributed by atoms with Crippen molar-refractivity contribution in [3.63, 3.8) is 0 Å². The van der Waals surface area contributed by atoms with Crippen molar-refractivity contribution in [1.82, 2.24) is 0 Å². The molecule has 2 nitrogen and oxygen atoms in total. The molecule has 16 heavy (non-hydrogen) atoms. The monoisotopic (exact) mass is 228 g/mol. The van der Waals surface area contributed by atoms with E-state index < -0.39 is 0 Å². The highest BCUT2D eigenvalue weighted by Crippen LogP contribution is 2.36. The van der Waals surface area contributed by atoms with E-state index in [0.717, 1.165) is 6.42 Å². The Morgan fingerprint density at radius 2 is 1.50 bits per heavy atom. The van der Waals surface area contributed by atoms with Crippen molar-refractivity contribution in [2.75, 3.05) is 0 Å². The Bertz CT molecular complexity index is 187. The SMILES string of the molecule is CCCCCCC1O[C@@H](C)C(C)(C)[C@@H](C)O1. The molecule has 0 aromatic rings. The van der Waals surface area contributed by atoms with E-state index in [4.69, 9.17) is 9.47 Å². The second-order valence-corrected chi connectivity index (χ2v) is 5.66. The lowest BCUT2D eigenvalue weighted by Crippen LogP contribution is -2.49. The van der Waals surface area contributed by atoms with Crippen molar-refractivity contribution in [1.29, 1.82) is 0 Å². The van der Waals surface area contributed by atoms with Crippen LogP contribution in [0.5, 0.6) is 0 Å². The number of rotatable bonds is 5. The highest BCUT2D eigenvalue weighted by molar-refractivity contribution is 4.85. The number of unbranched alkanes of at least 4 members (excludes halogenated alkanes) is 3. The van der Waals surface area contributed by atoms with Crippen molar-refractivity contribution in [3.8, 4) is 0 Å². The Labute approximate surface area is 101 Å². The first-order chi connectivity index (χ1) is 7.48. The normalized spacial score (nSPS) is 33.9. The Hall–Kier alpha value is -0.0800. The molecule has 1 rings (SSSR count). The topological polar surface area (TPSA) is 18.5 Å². The zero-order chi connectivity index (χ0) is 12.2. The quantitative estimate of drug-likeness (QED) is 0.659. The van der Waals surface area contributed by atoms with Crippen molar-refractivity contribution in [2.45, 2.75) is 85.2 Å². The van der Waals surface area contributed by atoms with Crippen LogP contribution in [-0.4, -0.2) is 18.5 Å². The molecule has 1 saturated heterocycles. The molecule has 0 radical (unpaired) electrons. The van der Waals surface area contributed by atoms with E-state index in [-0.39, 0.29) is 23.9 Å². The second kappa shape index (κ2) is 6.02. The molecule has 1 unspecified atom stereocenters. The summed E-state index contributed by atoms with van der Waals surface area (Å²) < 4.78 is 11.9. The van der Waals surface area contributed by atoms with Crippen LogP contribution in [-0.2, 0) is 9.47 Å². The minimum absolute atomic E-state index is 0.0230. The first-order valence-electron chi connectivity index (χ1n) is 6.79. The minimum atomic E-state index is 0.0230. The van der Waals surface area contributed by atoms with Crippen LogP contribution in [0.25, 0.3) is 0 Å². The molecule has 0 saturated carbocycles. The molecule has 1 heterocycles. The average Bonchev–Trinajstić information content (AvgIpc) is 2.22. The highest BCUT2D eigenvalue weighted by atomic mass is 16.7. The number of ether oxygens (including phenoxy) is 2. The van der Waals surface area contributed by atoms with Gasteiger partial charge < -0.3 is 9.47 Å². The summed E-state index contributed by atoms with van der Waals surface area (Å²) in [6.45, 7) is 11.0.